The Balaban J connectivity index is 2.23. The van der Waals surface area contributed by atoms with Crippen molar-refractivity contribution in [3.63, 3.8) is 0 Å². The van der Waals surface area contributed by atoms with Crippen LogP contribution in [-0.2, 0) is 0 Å². The lowest BCUT2D eigenvalue weighted by molar-refractivity contribution is 0.625. The second-order valence-corrected chi connectivity index (χ2v) is 5.74. The molecular formula is C15H17FN2S. The second kappa shape index (κ2) is 6.17. The van der Waals surface area contributed by atoms with E-state index in [0.29, 0.717) is 6.54 Å². The first-order chi connectivity index (χ1) is 9.08. The maximum Gasteiger partial charge on any atom is 0.123 e. The highest BCUT2D eigenvalue weighted by atomic mass is 32.2. The molecule has 19 heavy (non-hydrogen) atoms. The summed E-state index contributed by atoms with van der Waals surface area (Å²) in [6.07, 6.45) is 0. The van der Waals surface area contributed by atoms with Crippen molar-refractivity contribution in [3.05, 3.63) is 59.0 Å². The van der Waals surface area contributed by atoms with Gasteiger partial charge in [-0.15, -0.1) is 0 Å². The maximum absolute atomic E-state index is 13.3. The van der Waals surface area contributed by atoms with Crippen LogP contribution in [0, 0.1) is 19.7 Å². The molecule has 0 spiro atoms. The van der Waals surface area contributed by atoms with Crippen LogP contribution < -0.4 is 5.73 Å². The zero-order chi connectivity index (χ0) is 13.8. The van der Waals surface area contributed by atoms with Crippen LogP contribution in [-0.4, -0.2) is 11.5 Å². The summed E-state index contributed by atoms with van der Waals surface area (Å²) in [4.78, 5) is 4.48. The van der Waals surface area contributed by atoms with Crippen LogP contribution >= 0.6 is 11.8 Å². The molecule has 0 aliphatic carbocycles. The van der Waals surface area contributed by atoms with E-state index in [9.17, 15) is 4.39 Å². The van der Waals surface area contributed by atoms with Crippen molar-refractivity contribution >= 4 is 11.8 Å². The molecule has 0 aliphatic heterocycles. The fourth-order valence-electron chi connectivity index (χ4n) is 1.97. The monoisotopic (exact) mass is 276 g/mol. The van der Waals surface area contributed by atoms with Crippen molar-refractivity contribution in [2.45, 2.75) is 24.1 Å². The van der Waals surface area contributed by atoms with Crippen LogP contribution in [0.15, 0.2) is 41.4 Å². The fourth-order valence-corrected chi connectivity index (χ4v) is 3.09. The van der Waals surface area contributed by atoms with Gasteiger partial charge >= 0.3 is 0 Å². The highest BCUT2D eigenvalue weighted by Crippen LogP contribution is 2.34. The Morgan fingerprint density at radius 2 is 2.05 bits per heavy atom. The van der Waals surface area contributed by atoms with Crippen LogP contribution in [0.5, 0.6) is 0 Å². The van der Waals surface area contributed by atoms with Gasteiger partial charge in [0, 0.05) is 17.5 Å². The number of halogens is 1. The van der Waals surface area contributed by atoms with Gasteiger partial charge in [0.05, 0.1) is 5.03 Å². The number of aryl methyl sites for hydroxylation is 2. The third kappa shape index (κ3) is 3.78. The van der Waals surface area contributed by atoms with Gasteiger partial charge < -0.3 is 5.73 Å². The van der Waals surface area contributed by atoms with Crippen LogP contribution in [0.1, 0.15) is 22.1 Å². The summed E-state index contributed by atoms with van der Waals surface area (Å²) >= 11 is 1.58. The van der Waals surface area contributed by atoms with Gasteiger partial charge in [0.25, 0.3) is 0 Å². The predicted octanol–water partition coefficient (Wildman–Crippen LogP) is 3.63. The summed E-state index contributed by atoms with van der Waals surface area (Å²) in [5.41, 5.74) is 8.86. The van der Waals surface area contributed by atoms with Gasteiger partial charge in [-0.25, -0.2) is 9.37 Å². The summed E-state index contributed by atoms with van der Waals surface area (Å²) in [5, 5.41) is 0.946. The lowest BCUT2D eigenvalue weighted by atomic mass is 10.1. The summed E-state index contributed by atoms with van der Waals surface area (Å²) in [5.74, 6) is -0.232. The smallest absolute Gasteiger partial charge is 0.123 e. The SMILES string of the molecule is Cc1cc(C)nc(SC(CN)c2cccc(F)c2)c1. The topological polar surface area (TPSA) is 38.9 Å². The van der Waals surface area contributed by atoms with E-state index in [-0.39, 0.29) is 11.1 Å². The standard InChI is InChI=1S/C15H17FN2S/c1-10-6-11(2)18-15(7-10)19-14(9-17)12-4-3-5-13(16)8-12/h3-8,14H,9,17H2,1-2H3. The molecule has 2 N–H and O–H groups in total. The minimum absolute atomic E-state index is 0.0180. The van der Waals surface area contributed by atoms with Gasteiger partial charge in [-0.3, -0.25) is 0 Å². The molecule has 1 aromatic carbocycles. The van der Waals surface area contributed by atoms with E-state index in [1.54, 1.807) is 17.8 Å². The number of nitrogens with zero attached hydrogens (tertiary/aromatic N) is 1. The van der Waals surface area contributed by atoms with Gasteiger partial charge in [0.2, 0.25) is 0 Å². The van der Waals surface area contributed by atoms with Crippen LogP contribution in [0.4, 0.5) is 4.39 Å². The molecule has 0 saturated heterocycles. The molecule has 2 aromatic rings. The van der Waals surface area contributed by atoms with Crippen molar-refractivity contribution in [1.29, 1.82) is 0 Å². The first-order valence-corrected chi connectivity index (χ1v) is 7.04. The Morgan fingerprint density at radius 1 is 1.26 bits per heavy atom. The first-order valence-electron chi connectivity index (χ1n) is 6.16. The number of hydrogen-bond donors (Lipinski definition) is 1. The molecule has 1 aromatic heterocycles. The molecule has 0 saturated carbocycles. The average Bonchev–Trinajstić information content (AvgIpc) is 2.34. The Labute approximate surface area is 117 Å². The molecule has 0 aliphatic rings. The van der Waals surface area contributed by atoms with Crippen molar-refractivity contribution in [2.24, 2.45) is 5.73 Å². The van der Waals surface area contributed by atoms with Crippen molar-refractivity contribution in [1.82, 2.24) is 4.98 Å². The number of aromatic nitrogens is 1. The molecule has 1 unspecified atom stereocenters. The molecule has 0 bridgehead atoms. The van der Waals surface area contributed by atoms with Gasteiger partial charge in [0.15, 0.2) is 0 Å². The lowest BCUT2D eigenvalue weighted by Crippen LogP contribution is -2.10. The molecule has 100 valence electrons. The van der Waals surface area contributed by atoms with Gasteiger partial charge in [-0.1, -0.05) is 23.9 Å². The van der Waals surface area contributed by atoms with Crippen molar-refractivity contribution in [2.75, 3.05) is 6.54 Å². The lowest BCUT2D eigenvalue weighted by Gasteiger charge is -2.15. The molecule has 0 fully saturated rings. The predicted molar refractivity (Wildman–Crippen MR) is 77.8 cm³/mol. The normalized spacial score (nSPS) is 12.4. The van der Waals surface area contributed by atoms with E-state index in [2.05, 4.69) is 4.98 Å². The minimum atomic E-state index is -0.232. The second-order valence-electron chi connectivity index (χ2n) is 4.52. The van der Waals surface area contributed by atoms with E-state index >= 15 is 0 Å². The first kappa shape index (κ1) is 14.0. The number of benzene rings is 1. The highest BCUT2D eigenvalue weighted by Gasteiger charge is 2.13. The van der Waals surface area contributed by atoms with Crippen LogP contribution in [0.25, 0.3) is 0 Å². The fraction of sp³-hybridized carbons (Fsp3) is 0.267. The molecule has 1 atom stereocenters. The van der Waals surface area contributed by atoms with E-state index in [0.717, 1.165) is 16.3 Å². The number of nitrogens with two attached hydrogens (primary N) is 1. The van der Waals surface area contributed by atoms with Gasteiger partial charge in [0.1, 0.15) is 5.82 Å². The molecule has 1 heterocycles. The Kier molecular flexibility index (Phi) is 4.56. The molecule has 2 nitrogen and oxygen atoms in total. The van der Waals surface area contributed by atoms with E-state index < -0.39 is 0 Å². The summed E-state index contributed by atoms with van der Waals surface area (Å²) in [6, 6.07) is 10.6. The van der Waals surface area contributed by atoms with Crippen molar-refractivity contribution < 1.29 is 4.39 Å². The Hall–Kier alpha value is -1.39. The summed E-state index contributed by atoms with van der Waals surface area (Å²) < 4.78 is 13.3. The number of hydrogen-bond acceptors (Lipinski definition) is 3. The quantitative estimate of drug-likeness (QED) is 0.867. The van der Waals surface area contributed by atoms with Crippen LogP contribution in [0.3, 0.4) is 0 Å². The van der Waals surface area contributed by atoms with E-state index in [1.165, 1.54) is 17.7 Å². The zero-order valence-corrected chi connectivity index (χ0v) is 11.9. The maximum atomic E-state index is 13.3. The number of thioether (sulfide) groups is 1. The van der Waals surface area contributed by atoms with E-state index in [4.69, 9.17) is 5.73 Å². The third-order valence-electron chi connectivity index (χ3n) is 2.77. The Bertz CT molecular complexity index is 552. The zero-order valence-electron chi connectivity index (χ0n) is 11.1. The molecule has 2 rings (SSSR count). The highest BCUT2D eigenvalue weighted by molar-refractivity contribution is 7.99. The van der Waals surface area contributed by atoms with Gasteiger partial charge in [-0.05, 0) is 49.2 Å². The summed E-state index contributed by atoms with van der Waals surface area (Å²) in [6.45, 7) is 4.46. The summed E-state index contributed by atoms with van der Waals surface area (Å²) in [7, 11) is 0. The number of rotatable bonds is 4. The number of pyridine rings is 1. The van der Waals surface area contributed by atoms with Gasteiger partial charge in [-0.2, -0.15) is 0 Å². The van der Waals surface area contributed by atoms with Crippen LogP contribution in [0.2, 0.25) is 0 Å². The molecule has 4 heteroatoms. The van der Waals surface area contributed by atoms with E-state index in [1.807, 2.05) is 32.0 Å². The largest absolute Gasteiger partial charge is 0.329 e. The van der Waals surface area contributed by atoms with Crippen molar-refractivity contribution in [3.8, 4) is 0 Å². The Morgan fingerprint density at radius 3 is 2.68 bits per heavy atom. The molecule has 0 radical (unpaired) electrons. The molecular weight excluding hydrogens is 259 g/mol. The molecule has 0 amide bonds. The average molecular weight is 276 g/mol. The third-order valence-corrected chi connectivity index (χ3v) is 3.97. The minimum Gasteiger partial charge on any atom is -0.329 e.